The summed E-state index contributed by atoms with van der Waals surface area (Å²) in [7, 11) is 1.54. The van der Waals surface area contributed by atoms with Crippen molar-refractivity contribution < 1.29 is 14.2 Å². The first-order chi connectivity index (χ1) is 6.31. The van der Waals surface area contributed by atoms with Crippen LogP contribution in [0.15, 0.2) is 30.6 Å². The predicted molar refractivity (Wildman–Crippen MR) is 49.2 cm³/mol. The number of aliphatic hydroxyl groups excluding tert-OH is 1. The molecule has 1 aromatic rings. The first kappa shape index (κ1) is 9.74. The summed E-state index contributed by atoms with van der Waals surface area (Å²) in [5.41, 5.74) is 0.878. The van der Waals surface area contributed by atoms with E-state index in [9.17, 15) is 4.39 Å². The van der Waals surface area contributed by atoms with E-state index in [0.717, 1.165) is 0 Å². The summed E-state index contributed by atoms with van der Waals surface area (Å²) in [4.78, 5) is 0. The smallest absolute Gasteiger partial charge is 0.119 e. The Morgan fingerprint density at radius 1 is 1.62 bits per heavy atom. The summed E-state index contributed by atoms with van der Waals surface area (Å²) < 4.78 is 17.2. The summed E-state index contributed by atoms with van der Waals surface area (Å²) in [5, 5.41) is 8.79. The molecule has 0 bridgehead atoms. The first-order valence-corrected chi connectivity index (χ1v) is 3.86. The second-order valence-corrected chi connectivity index (χ2v) is 2.52. The molecule has 0 spiro atoms. The van der Waals surface area contributed by atoms with Crippen molar-refractivity contribution in [2.24, 2.45) is 0 Å². The molecule has 70 valence electrons. The maximum absolute atomic E-state index is 12.2. The maximum atomic E-state index is 12.2. The minimum absolute atomic E-state index is 0.249. The van der Waals surface area contributed by atoms with E-state index >= 15 is 0 Å². The van der Waals surface area contributed by atoms with Gasteiger partial charge in [0.05, 0.1) is 20.0 Å². The van der Waals surface area contributed by atoms with Crippen molar-refractivity contribution in [2.75, 3.05) is 13.7 Å². The molecular weight excluding hydrogens is 171 g/mol. The Hall–Kier alpha value is -1.35. The molecule has 13 heavy (non-hydrogen) atoms. The molecule has 0 atom stereocenters. The van der Waals surface area contributed by atoms with Crippen molar-refractivity contribution in [3.05, 3.63) is 36.2 Å². The summed E-state index contributed by atoms with van der Waals surface area (Å²) in [5.74, 6) is 0.644. The van der Waals surface area contributed by atoms with Gasteiger partial charge in [0.1, 0.15) is 5.75 Å². The standard InChI is InChI=1S/C10H11FO2/c1-13-10-4-2-3-8(5-10)9(6-11)7-12/h2-6,12H,7H2,1H3. The topological polar surface area (TPSA) is 29.5 Å². The van der Waals surface area contributed by atoms with Gasteiger partial charge in [0, 0.05) is 5.57 Å². The van der Waals surface area contributed by atoms with E-state index in [-0.39, 0.29) is 12.2 Å². The Morgan fingerprint density at radius 3 is 2.92 bits per heavy atom. The number of halogens is 1. The number of aliphatic hydroxyl groups is 1. The second-order valence-electron chi connectivity index (χ2n) is 2.52. The van der Waals surface area contributed by atoms with Gasteiger partial charge in [0.25, 0.3) is 0 Å². The van der Waals surface area contributed by atoms with Gasteiger partial charge in [0.15, 0.2) is 0 Å². The van der Waals surface area contributed by atoms with Crippen molar-refractivity contribution in [3.8, 4) is 5.75 Å². The van der Waals surface area contributed by atoms with Crippen LogP contribution in [0.25, 0.3) is 5.57 Å². The monoisotopic (exact) mass is 182 g/mol. The van der Waals surface area contributed by atoms with Gasteiger partial charge in [-0.2, -0.15) is 0 Å². The van der Waals surface area contributed by atoms with Gasteiger partial charge in [0.2, 0.25) is 0 Å². The third-order valence-corrected chi connectivity index (χ3v) is 1.74. The lowest BCUT2D eigenvalue weighted by atomic mass is 10.1. The predicted octanol–water partition coefficient (Wildman–Crippen LogP) is 2.00. The molecule has 0 aliphatic carbocycles. The highest BCUT2D eigenvalue weighted by molar-refractivity contribution is 5.66. The number of ether oxygens (including phenoxy) is 1. The highest BCUT2D eigenvalue weighted by atomic mass is 19.1. The molecule has 0 aromatic heterocycles. The Morgan fingerprint density at radius 2 is 2.38 bits per heavy atom. The molecule has 3 heteroatoms. The number of hydrogen-bond acceptors (Lipinski definition) is 2. The van der Waals surface area contributed by atoms with E-state index in [0.29, 0.717) is 17.6 Å². The average molecular weight is 182 g/mol. The van der Waals surface area contributed by atoms with Crippen LogP contribution in [0.1, 0.15) is 5.56 Å². The van der Waals surface area contributed by atoms with Crippen molar-refractivity contribution in [2.45, 2.75) is 0 Å². The zero-order chi connectivity index (χ0) is 9.68. The fourth-order valence-corrected chi connectivity index (χ4v) is 1.01. The Labute approximate surface area is 76.3 Å². The fraction of sp³-hybridized carbons (Fsp3) is 0.200. The zero-order valence-electron chi connectivity index (χ0n) is 7.33. The third kappa shape index (κ3) is 2.29. The van der Waals surface area contributed by atoms with Gasteiger partial charge in [-0.25, -0.2) is 4.39 Å². The molecule has 0 aliphatic rings. The number of hydrogen-bond donors (Lipinski definition) is 1. The summed E-state index contributed by atoms with van der Waals surface area (Å²) in [6, 6.07) is 6.88. The van der Waals surface area contributed by atoms with E-state index in [1.54, 1.807) is 24.3 Å². The lowest BCUT2D eigenvalue weighted by molar-refractivity contribution is 0.348. The molecule has 1 rings (SSSR count). The van der Waals surface area contributed by atoms with Crippen LogP contribution < -0.4 is 4.74 Å². The SMILES string of the molecule is COc1cccc(C(=CF)CO)c1. The minimum atomic E-state index is -0.316. The van der Waals surface area contributed by atoms with Crippen LogP contribution in [-0.2, 0) is 0 Å². The molecule has 0 aliphatic heterocycles. The van der Waals surface area contributed by atoms with E-state index in [1.807, 2.05) is 0 Å². The normalized spacial score (nSPS) is 11.5. The van der Waals surface area contributed by atoms with Gasteiger partial charge >= 0.3 is 0 Å². The molecule has 0 amide bonds. The molecule has 0 saturated carbocycles. The van der Waals surface area contributed by atoms with Gasteiger partial charge in [-0.05, 0) is 17.7 Å². The van der Waals surface area contributed by atoms with Crippen LogP contribution in [-0.4, -0.2) is 18.8 Å². The molecule has 0 radical (unpaired) electrons. The zero-order valence-corrected chi connectivity index (χ0v) is 7.33. The van der Waals surface area contributed by atoms with Crippen LogP contribution in [0.4, 0.5) is 4.39 Å². The van der Waals surface area contributed by atoms with E-state index < -0.39 is 0 Å². The van der Waals surface area contributed by atoms with Crippen LogP contribution >= 0.6 is 0 Å². The van der Waals surface area contributed by atoms with Crippen molar-refractivity contribution in [1.29, 1.82) is 0 Å². The molecule has 0 fully saturated rings. The summed E-state index contributed by atoms with van der Waals surface area (Å²) in [6.45, 7) is -0.316. The van der Waals surface area contributed by atoms with Crippen LogP contribution in [0, 0.1) is 0 Å². The van der Waals surface area contributed by atoms with Gasteiger partial charge in [-0.3, -0.25) is 0 Å². The Bertz CT molecular complexity index is 308. The van der Waals surface area contributed by atoms with Gasteiger partial charge in [-0.15, -0.1) is 0 Å². The lowest BCUT2D eigenvalue weighted by Gasteiger charge is -2.04. The summed E-state index contributed by atoms with van der Waals surface area (Å²) in [6.07, 6.45) is 0.398. The number of methoxy groups -OCH3 is 1. The molecule has 1 aromatic carbocycles. The van der Waals surface area contributed by atoms with Crippen molar-refractivity contribution >= 4 is 5.57 Å². The maximum Gasteiger partial charge on any atom is 0.119 e. The molecule has 0 unspecified atom stereocenters. The van der Waals surface area contributed by atoms with Crippen LogP contribution in [0.3, 0.4) is 0 Å². The van der Waals surface area contributed by atoms with Crippen molar-refractivity contribution in [1.82, 2.24) is 0 Å². The number of benzene rings is 1. The second kappa shape index (κ2) is 4.62. The van der Waals surface area contributed by atoms with Crippen LogP contribution in [0.5, 0.6) is 5.75 Å². The van der Waals surface area contributed by atoms with Gasteiger partial charge in [-0.1, -0.05) is 12.1 Å². The Balaban J connectivity index is 3.00. The molecular formula is C10H11FO2. The largest absolute Gasteiger partial charge is 0.497 e. The first-order valence-electron chi connectivity index (χ1n) is 3.86. The minimum Gasteiger partial charge on any atom is -0.497 e. The third-order valence-electron chi connectivity index (χ3n) is 1.74. The quantitative estimate of drug-likeness (QED) is 0.774. The molecule has 1 N–H and O–H groups in total. The van der Waals surface area contributed by atoms with E-state index in [1.165, 1.54) is 7.11 Å². The highest BCUT2D eigenvalue weighted by Gasteiger charge is 2.01. The molecule has 0 heterocycles. The van der Waals surface area contributed by atoms with Gasteiger partial charge < -0.3 is 9.84 Å². The lowest BCUT2D eigenvalue weighted by Crippen LogP contribution is -1.90. The van der Waals surface area contributed by atoms with Crippen molar-refractivity contribution in [3.63, 3.8) is 0 Å². The fourth-order valence-electron chi connectivity index (χ4n) is 1.01. The summed E-state index contributed by atoms with van der Waals surface area (Å²) >= 11 is 0. The Kier molecular flexibility index (Phi) is 3.46. The van der Waals surface area contributed by atoms with E-state index in [2.05, 4.69) is 0 Å². The van der Waals surface area contributed by atoms with E-state index in [4.69, 9.17) is 9.84 Å². The molecule has 0 saturated heterocycles. The van der Waals surface area contributed by atoms with Crippen LogP contribution in [0.2, 0.25) is 0 Å². The number of rotatable bonds is 3. The highest BCUT2D eigenvalue weighted by Crippen LogP contribution is 2.19. The molecule has 2 nitrogen and oxygen atoms in total. The average Bonchev–Trinajstić information content (AvgIpc) is 2.20.